The normalized spacial score (nSPS) is 17.9. The number of nitrogens with zero attached hydrogens (tertiary/aromatic N) is 3. The molecule has 2 N–H and O–H groups in total. The van der Waals surface area contributed by atoms with Gasteiger partial charge in [-0.05, 0) is 49.9 Å². The van der Waals surface area contributed by atoms with E-state index in [2.05, 4.69) is 25.5 Å². The lowest BCUT2D eigenvalue weighted by Gasteiger charge is -2.29. The number of benzene rings is 2. The fourth-order valence-corrected chi connectivity index (χ4v) is 4.23. The van der Waals surface area contributed by atoms with Crippen molar-refractivity contribution in [2.24, 2.45) is 0 Å². The van der Waals surface area contributed by atoms with E-state index in [4.69, 9.17) is 21.1 Å². The Morgan fingerprint density at radius 3 is 2.92 bits per heavy atom. The Bertz CT molecular complexity index is 1280. The standard InChI is InChI=1S/C26H27ClFN5O3/c27-21-11-17(4-5-22(21)28)32-26-20-12-24(29-14-18(34)3-1-7-33-8-2-9-33)25(13-23(20)30-16-31-26)36-19-6-10-35-15-19/h1,3-5,11-13,16,19,29H,2,6-10,14-15H2,(H,30,31,32)/b3-1+. The molecule has 1 atom stereocenters. The summed E-state index contributed by atoms with van der Waals surface area (Å²) in [5.41, 5.74) is 1.89. The maximum absolute atomic E-state index is 13.6. The largest absolute Gasteiger partial charge is 0.486 e. The molecule has 2 aromatic carbocycles. The Balaban J connectivity index is 1.39. The SMILES string of the molecule is O=C(/C=C/CN1CCC1)CNc1cc2c(Nc3ccc(F)c(Cl)c3)ncnc2cc1OC1CCOC1. The highest BCUT2D eigenvalue weighted by atomic mass is 35.5. The van der Waals surface area contributed by atoms with Crippen molar-refractivity contribution >= 4 is 45.5 Å². The molecule has 188 valence electrons. The zero-order valence-corrected chi connectivity index (χ0v) is 20.4. The zero-order valence-electron chi connectivity index (χ0n) is 19.7. The summed E-state index contributed by atoms with van der Waals surface area (Å²) in [6.45, 7) is 4.24. The lowest BCUT2D eigenvalue weighted by atomic mass is 10.1. The van der Waals surface area contributed by atoms with E-state index in [1.807, 2.05) is 18.2 Å². The number of likely N-dealkylation sites (tertiary alicyclic amines) is 1. The molecule has 0 spiro atoms. The second-order valence-corrected chi connectivity index (χ2v) is 9.23. The van der Waals surface area contributed by atoms with Crippen LogP contribution in [-0.2, 0) is 9.53 Å². The predicted octanol–water partition coefficient (Wildman–Crippen LogP) is 4.58. The molecule has 1 aromatic heterocycles. The molecule has 5 rings (SSSR count). The molecule has 0 amide bonds. The summed E-state index contributed by atoms with van der Waals surface area (Å²) in [5.74, 6) is 0.573. The van der Waals surface area contributed by atoms with Gasteiger partial charge in [-0.2, -0.15) is 0 Å². The average Bonchev–Trinajstić information content (AvgIpc) is 3.35. The van der Waals surface area contributed by atoms with Crippen LogP contribution in [0.4, 0.5) is 21.6 Å². The van der Waals surface area contributed by atoms with Gasteiger partial charge in [0.1, 0.15) is 29.8 Å². The first-order valence-corrected chi connectivity index (χ1v) is 12.3. The Labute approximate surface area is 213 Å². The quantitative estimate of drug-likeness (QED) is 0.382. The molecular formula is C26H27ClFN5O3. The Hall–Kier alpha value is -3.27. The molecule has 0 bridgehead atoms. The van der Waals surface area contributed by atoms with Crippen molar-refractivity contribution in [2.75, 3.05) is 50.0 Å². The van der Waals surface area contributed by atoms with Crippen molar-refractivity contribution in [3.05, 3.63) is 59.7 Å². The van der Waals surface area contributed by atoms with Gasteiger partial charge in [0.15, 0.2) is 5.78 Å². The van der Waals surface area contributed by atoms with Gasteiger partial charge in [0.2, 0.25) is 0 Å². The third kappa shape index (κ3) is 5.92. The highest BCUT2D eigenvalue weighted by Crippen LogP contribution is 2.35. The third-order valence-corrected chi connectivity index (χ3v) is 6.46. The predicted molar refractivity (Wildman–Crippen MR) is 138 cm³/mol. The van der Waals surface area contributed by atoms with E-state index in [0.29, 0.717) is 47.1 Å². The smallest absolute Gasteiger partial charge is 0.174 e. The fraction of sp³-hybridized carbons (Fsp3) is 0.346. The number of halogens is 2. The summed E-state index contributed by atoms with van der Waals surface area (Å²) in [4.78, 5) is 23.5. The number of anilines is 3. The van der Waals surface area contributed by atoms with Gasteiger partial charge in [0, 0.05) is 30.1 Å². The first-order chi connectivity index (χ1) is 17.5. The van der Waals surface area contributed by atoms with E-state index in [0.717, 1.165) is 26.1 Å². The second-order valence-electron chi connectivity index (χ2n) is 8.82. The van der Waals surface area contributed by atoms with Crippen molar-refractivity contribution < 1.29 is 18.7 Å². The van der Waals surface area contributed by atoms with Crippen molar-refractivity contribution in [2.45, 2.75) is 18.9 Å². The number of aromatic nitrogens is 2. The molecule has 2 fully saturated rings. The van der Waals surface area contributed by atoms with E-state index in [1.54, 1.807) is 12.1 Å². The fourth-order valence-electron chi connectivity index (χ4n) is 4.05. The van der Waals surface area contributed by atoms with Gasteiger partial charge in [0.05, 0.1) is 36.0 Å². The van der Waals surface area contributed by atoms with Crippen LogP contribution in [0, 0.1) is 5.82 Å². The van der Waals surface area contributed by atoms with Crippen LogP contribution >= 0.6 is 11.6 Å². The van der Waals surface area contributed by atoms with E-state index >= 15 is 0 Å². The van der Waals surface area contributed by atoms with Gasteiger partial charge in [-0.25, -0.2) is 14.4 Å². The third-order valence-electron chi connectivity index (χ3n) is 6.17. The van der Waals surface area contributed by atoms with Crippen LogP contribution in [0.15, 0.2) is 48.8 Å². The minimum atomic E-state index is -0.498. The number of fused-ring (bicyclic) bond motifs is 1. The molecule has 1 unspecified atom stereocenters. The summed E-state index contributed by atoms with van der Waals surface area (Å²) < 4.78 is 25.2. The summed E-state index contributed by atoms with van der Waals surface area (Å²) in [6.07, 6.45) is 6.90. The van der Waals surface area contributed by atoms with Gasteiger partial charge >= 0.3 is 0 Å². The number of hydrogen-bond acceptors (Lipinski definition) is 8. The maximum Gasteiger partial charge on any atom is 0.174 e. The summed E-state index contributed by atoms with van der Waals surface area (Å²) >= 11 is 5.94. The molecule has 10 heteroatoms. The van der Waals surface area contributed by atoms with Gasteiger partial charge in [-0.1, -0.05) is 17.7 Å². The molecule has 0 radical (unpaired) electrons. The van der Waals surface area contributed by atoms with Crippen LogP contribution in [0.5, 0.6) is 5.75 Å². The lowest BCUT2D eigenvalue weighted by molar-refractivity contribution is -0.113. The molecule has 2 saturated heterocycles. The number of carbonyl (C=O) groups excluding carboxylic acids is 1. The van der Waals surface area contributed by atoms with Gasteiger partial charge in [-0.3, -0.25) is 9.69 Å². The van der Waals surface area contributed by atoms with Crippen LogP contribution in [-0.4, -0.2) is 66.1 Å². The number of nitrogens with one attached hydrogen (secondary N) is 2. The van der Waals surface area contributed by atoms with Crippen LogP contribution in [0.3, 0.4) is 0 Å². The number of rotatable bonds is 10. The van der Waals surface area contributed by atoms with Crippen molar-refractivity contribution in [3.8, 4) is 5.75 Å². The van der Waals surface area contributed by atoms with Crippen LogP contribution in [0.25, 0.3) is 10.9 Å². The maximum atomic E-state index is 13.6. The molecule has 3 heterocycles. The summed E-state index contributed by atoms with van der Waals surface area (Å²) in [6, 6.07) is 8.04. The van der Waals surface area contributed by atoms with Crippen LogP contribution in [0.2, 0.25) is 5.02 Å². The summed E-state index contributed by atoms with van der Waals surface area (Å²) in [7, 11) is 0. The summed E-state index contributed by atoms with van der Waals surface area (Å²) in [5, 5.41) is 7.11. The van der Waals surface area contributed by atoms with Gasteiger partial charge < -0.3 is 20.1 Å². The van der Waals surface area contributed by atoms with Gasteiger partial charge in [0.25, 0.3) is 0 Å². The van der Waals surface area contributed by atoms with E-state index in [9.17, 15) is 9.18 Å². The number of hydrogen-bond donors (Lipinski definition) is 2. The molecule has 0 aliphatic carbocycles. The number of carbonyl (C=O) groups is 1. The Morgan fingerprint density at radius 1 is 1.28 bits per heavy atom. The van der Waals surface area contributed by atoms with Crippen molar-refractivity contribution in [3.63, 3.8) is 0 Å². The number of ether oxygens (including phenoxy) is 2. The monoisotopic (exact) mass is 511 g/mol. The van der Waals surface area contributed by atoms with Crippen LogP contribution in [0.1, 0.15) is 12.8 Å². The average molecular weight is 512 g/mol. The molecular weight excluding hydrogens is 485 g/mol. The first-order valence-electron chi connectivity index (χ1n) is 12.0. The van der Waals surface area contributed by atoms with Crippen molar-refractivity contribution in [1.82, 2.24) is 14.9 Å². The minimum Gasteiger partial charge on any atom is -0.486 e. The van der Waals surface area contributed by atoms with E-state index in [1.165, 1.54) is 24.9 Å². The van der Waals surface area contributed by atoms with E-state index < -0.39 is 5.82 Å². The molecule has 2 aliphatic rings. The van der Waals surface area contributed by atoms with Gasteiger partial charge in [-0.15, -0.1) is 0 Å². The van der Waals surface area contributed by atoms with Crippen molar-refractivity contribution in [1.29, 1.82) is 0 Å². The second kappa shape index (κ2) is 11.2. The molecule has 8 nitrogen and oxygen atoms in total. The topological polar surface area (TPSA) is 88.6 Å². The highest BCUT2D eigenvalue weighted by Gasteiger charge is 2.20. The minimum absolute atomic E-state index is 0.0101. The Kier molecular flexibility index (Phi) is 7.60. The van der Waals surface area contributed by atoms with Crippen LogP contribution < -0.4 is 15.4 Å². The zero-order chi connectivity index (χ0) is 24.9. The first kappa shape index (κ1) is 24.4. The molecule has 0 saturated carbocycles. The lowest BCUT2D eigenvalue weighted by Crippen LogP contribution is -2.37. The molecule has 2 aliphatic heterocycles. The number of ketones is 1. The van der Waals surface area contributed by atoms with E-state index in [-0.39, 0.29) is 23.5 Å². The highest BCUT2D eigenvalue weighted by molar-refractivity contribution is 6.31. The Morgan fingerprint density at radius 2 is 2.17 bits per heavy atom. The molecule has 36 heavy (non-hydrogen) atoms. The molecule has 3 aromatic rings.